The number of aryl methyl sites for hydroxylation is 1. The third-order valence-corrected chi connectivity index (χ3v) is 4.79. The van der Waals surface area contributed by atoms with E-state index in [9.17, 15) is 4.79 Å². The van der Waals surface area contributed by atoms with Crippen LogP contribution in [0.15, 0.2) is 30.5 Å². The Bertz CT molecular complexity index is 811. The molecule has 2 aliphatic heterocycles. The van der Waals surface area contributed by atoms with Crippen LogP contribution in [0.5, 0.6) is 0 Å². The zero-order valence-electron chi connectivity index (χ0n) is 14.9. The van der Waals surface area contributed by atoms with Gasteiger partial charge in [-0.1, -0.05) is 18.2 Å². The van der Waals surface area contributed by atoms with Crippen molar-refractivity contribution in [2.75, 3.05) is 6.61 Å². The Balaban J connectivity index is 1.70. The van der Waals surface area contributed by atoms with Crippen LogP contribution in [-0.2, 0) is 23.7 Å². The molecule has 0 aliphatic carbocycles. The Labute approximate surface area is 146 Å². The molecule has 0 spiro atoms. The molecule has 4 rings (SSSR count). The van der Waals surface area contributed by atoms with E-state index in [0.717, 1.165) is 5.52 Å². The van der Waals surface area contributed by atoms with Crippen LogP contribution >= 0.6 is 0 Å². The van der Waals surface area contributed by atoms with Crippen LogP contribution in [0.4, 0.5) is 0 Å². The number of fused-ring (bicyclic) bond motifs is 2. The van der Waals surface area contributed by atoms with Crippen molar-refractivity contribution >= 4 is 16.9 Å². The lowest BCUT2D eigenvalue weighted by Crippen LogP contribution is -2.33. The lowest BCUT2D eigenvalue weighted by molar-refractivity contribution is -0.201. The molecule has 1 unspecified atom stereocenters. The minimum Gasteiger partial charge on any atom is -0.463 e. The molecule has 6 nitrogen and oxygen atoms in total. The molecule has 2 aliphatic rings. The minimum atomic E-state index is -0.691. The van der Waals surface area contributed by atoms with Crippen LogP contribution in [0.3, 0.4) is 0 Å². The molecule has 1 aromatic carbocycles. The molecule has 0 saturated carbocycles. The summed E-state index contributed by atoms with van der Waals surface area (Å²) in [5, 5.41) is 1.18. The quantitative estimate of drug-likeness (QED) is 0.801. The molecule has 1 aromatic heterocycles. The fourth-order valence-electron chi connectivity index (χ4n) is 3.81. The van der Waals surface area contributed by atoms with Crippen LogP contribution in [0.25, 0.3) is 10.9 Å². The van der Waals surface area contributed by atoms with E-state index in [1.807, 2.05) is 26.0 Å². The predicted molar refractivity (Wildman–Crippen MR) is 91.0 cm³/mol. The van der Waals surface area contributed by atoms with Gasteiger partial charge in [-0.05, 0) is 32.4 Å². The number of hydrogen-bond donors (Lipinski definition) is 0. The van der Waals surface area contributed by atoms with Crippen LogP contribution in [-0.4, -0.2) is 41.2 Å². The van der Waals surface area contributed by atoms with Crippen molar-refractivity contribution in [1.29, 1.82) is 0 Å². The van der Waals surface area contributed by atoms with Gasteiger partial charge in [-0.15, -0.1) is 0 Å². The van der Waals surface area contributed by atoms with Crippen molar-refractivity contribution in [3.63, 3.8) is 0 Å². The monoisotopic (exact) mass is 345 g/mol. The summed E-state index contributed by atoms with van der Waals surface area (Å²) in [5.41, 5.74) is 2.27. The van der Waals surface area contributed by atoms with Crippen LogP contribution in [0.1, 0.15) is 32.6 Å². The van der Waals surface area contributed by atoms with Gasteiger partial charge in [0.25, 0.3) is 0 Å². The van der Waals surface area contributed by atoms with Crippen molar-refractivity contribution in [1.82, 2.24) is 4.57 Å². The number of esters is 1. The zero-order chi connectivity index (χ0) is 17.8. The maximum absolute atomic E-state index is 11.2. The molecule has 0 bridgehead atoms. The van der Waals surface area contributed by atoms with Gasteiger partial charge in [-0.3, -0.25) is 4.79 Å². The Morgan fingerprint density at radius 2 is 1.96 bits per heavy atom. The fourth-order valence-corrected chi connectivity index (χ4v) is 3.81. The van der Waals surface area contributed by atoms with E-state index in [1.165, 1.54) is 17.9 Å². The zero-order valence-corrected chi connectivity index (χ0v) is 14.9. The summed E-state index contributed by atoms with van der Waals surface area (Å²) in [6.45, 7) is 7.42. The summed E-state index contributed by atoms with van der Waals surface area (Å²) in [6.07, 6.45) is 0.856. The molecule has 2 saturated heterocycles. The SMILES string of the molecule is CC(=O)OC[C@H]1OC(n2cc(C)c3ccccc32)[C@@H]2OC(C)(C)O[C@H]12. The largest absolute Gasteiger partial charge is 0.463 e. The Hall–Kier alpha value is -1.89. The topological polar surface area (TPSA) is 58.9 Å². The van der Waals surface area contributed by atoms with Crippen molar-refractivity contribution in [2.24, 2.45) is 0 Å². The first-order valence-electron chi connectivity index (χ1n) is 8.56. The van der Waals surface area contributed by atoms with Crippen LogP contribution in [0, 0.1) is 6.92 Å². The van der Waals surface area contributed by atoms with Gasteiger partial charge in [0.1, 0.15) is 24.9 Å². The lowest BCUT2D eigenvalue weighted by Gasteiger charge is -2.25. The van der Waals surface area contributed by atoms with Gasteiger partial charge in [0.05, 0.1) is 5.52 Å². The molecular formula is C19H23NO5. The van der Waals surface area contributed by atoms with Gasteiger partial charge < -0.3 is 23.5 Å². The van der Waals surface area contributed by atoms with E-state index in [4.69, 9.17) is 18.9 Å². The van der Waals surface area contributed by atoms with Gasteiger partial charge >= 0.3 is 5.97 Å². The first-order valence-corrected chi connectivity index (χ1v) is 8.56. The standard InChI is InChI=1S/C19H23NO5/c1-11-9-20(14-8-6-5-7-13(11)14)18-17-16(24-19(3,4)25-17)15(23-18)10-22-12(2)21/h5-9,15-18H,10H2,1-4H3/t15-,16-,17-,18?/m1/s1. The third-order valence-electron chi connectivity index (χ3n) is 4.79. The first kappa shape index (κ1) is 16.6. The normalized spacial score (nSPS) is 30.6. The van der Waals surface area contributed by atoms with E-state index >= 15 is 0 Å². The maximum atomic E-state index is 11.2. The van der Waals surface area contributed by atoms with E-state index in [-0.39, 0.29) is 37.1 Å². The van der Waals surface area contributed by atoms with Gasteiger partial charge in [0.2, 0.25) is 0 Å². The summed E-state index contributed by atoms with van der Waals surface area (Å²) in [4.78, 5) is 11.2. The molecule has 0 amide bonds. The van der Waals surface area contributed by atoms with Crippen molar-refractivity contribution < 1.29 is 23.7 Å². The number of carbonyl (C=O) groups excluding carboxylic acids is 1. The van der Waals surface area contributed by atoms with Gasteiger partial charge in [-0.25, -0.2) is 0 Å². The number of hydrogen-bond acceptors (Lipinski definition) is 5. The van der Waals surface area contributed by atoms with E-state index in [2.05, 4.69) is 29.8 Å². The molecule has 0 N–H and O–H groups in total. The minimum absolute atomic E-state index is 0.157. The highest BCUT2D eigenvalue weighted by atomic mass is 16.8. The number of rotatable bonds is 3. The lowest BCUT2D eigenvalue weighted by atomic mass is 10.1. The second kappa shape index (κ2) is 5.83. The summed E-state index contributed by atoms with van der Waals surface area (Å²) in [7, 11) is 0. The second-order valence-corrected chi connectivity index (χ2v) is 7.17. The molecular weight excluding hydrogens is 322 g/mol. The third kappa shape index (κ3) is 2.84. The molecule has 4 atom stereocenters. The van der Waals surface area contributed by atoms with Crippen LogP contribution in [0.2, 0.25) is 0 Å². The van der Waals surface area contributed by atoms with Gasteiger partial charge in [-0.2, -0.15) is 0 Å². The van der Waals surface area contributed by atoms with Crippen molar-refractivity contribution in [3.05, 3.63) is 36.0 Å². The number of para-hydroxylation sites is 1. The molecule has 134 valence electrons. The average Bonchev–Trinajstić information content (AvgIpc) is 3.15. The Morgan fingerprint density at radius 1 is 1.24 bits per heavy atom. The molecule has 3 heterocycles. The highest BCUT2D eigenvalue weighted by molar-refractivity contribution is 5.83. The Morgan fingerprint density at radius 3 is 2.72 bits per heavy atom. The summed E-state index contributed by atoms with van der Waals surface area (Å²) < 4.78 is 25.6. The van der Waals surface area contributed by atoms with Crippen LogP contribution < -0.4 is 0 Å². The number of ether oxygens (including phenoxy) is 4. The average molecular weight is 345 g/mol. The summed E-state index contributed by atoms with van der Waals surface area (Å²) in [5.74, 6) is -1.02. The fraction of sp³-hybridized carbons (Fsp3) is 0.526. The predicted octanol–water partition coefficient (Wildman–Crippen LogP) is 2.93. The first-order chi connectivity index (χ1) is 11.9. The smallest absolute Gasteiger partial charge is 0.302 e. The molecule has 25 heavy (non-hydrogen) atoms. The number of aromatic nitrogens is 1. The number of carbonyl (C=O) groups is 1. The molecule has 2 fully saturated rings. The van der Waals surface area contributed by atoms with Gasteiger partial charge in [0, 0.05) is 18.5 Å². The highest BCUT2D eigenvalue weighted by Gasteiger charge is 2.56. The summed E-state index contributed by atoms with van der Waals surface area (Å²) >= 11 is 0. The van der Waals surface area contributed by atoms with E-state index < -0.39 is 5.79 Å². The Kier molecular flexibility index (Phi) is 3.86. The maximum Gasteiger partial charge on any atom is 0.302 e. The second-order valence-electron chi connectivity index (χ2n) is 7.17. The molecule has 2 aromatic rings. The number of nitrogens with zero attached hydrogens (tertiary/aromatic N) is 1. The van der Waals surface area contributed by atoms with Crippen molar-refractivity contribution in [2.45, 2.75) is 58.0 Å². The van der Waals surface area contributed by atoms with E-state index in [0.29, 0.717) is 0 Å². The highest BCUT2D eigenvalue weighted by Crippen LogP contribution is 2.44. The summed E-state index contributed by atoms with van der Waals surface area (Å²) in [6, 6.07) is 8.21. The van der Waals surface area contributed by atoms with Crippen molar-refractivity contribution in [3.8, 4) is 0 Å². The molecule has 0 radical (unpaired) electrons. The van der Waals surface area contributed by atoms with E-state index in [1.54, 1.807) is 0 Å². The number of benzene rings is 1. The van der Waals surface area contributed by atoms with Gasteiger partial charge in [0.15, 0.2) is 12.0 Å². The molecule has 6 heteroatoms.